The van der Waals surface area contributed by atoms with Crippen molar-refractivity contribution in [2.45, 2.75) is 19.8 Å². The van der Waals surface area contributed by atoms with Gasteiger partial charge >= 0.3 is 0 Å². The first kappa shape index (κ1) is 20.9. The molecule has 150 valence electrons. The van der Waals surface area contributed by atoms with Gasteiger partial charge in [0.2, 0.25) is 0 Å². The summed E-state index contributed by atoms with van der Waals surface area (Å²) in [5.74, 6) is 1.34. The normalized spacial score (nSPS) is 10.4. The second-order valence-electron chi connectivity index (χ2n) is 6.49. The van der Waals surface area contributed by atoms with Gasteiger partial charge in [-0.25, -0.2) is 0 Å². The molecule has 0 fully saturated rings. The Kier molecular flexibility index (Phi) is 7.70. The lowest BCUT2D eigenvalue weighted by Crippen LogP contribution is -2.12. The number of benzene rings is 3. The molecule has 1 amide bonds. The van der Waals surface area contributed by atoms with Gasteiger partial charge in [-0.1, -0.05) is 30.3 Å². The number of anilines is 1. The smallest absolute Gasteiger partial charge is 0.255 e. The third-order valence-corrected chi connectivity index (χ3v) is 4.95. The monoisotopic (exact) mass is 453 g/mol. The van der Waals surface area contributed by atoms with Gasteiger partial charge in [0.1, 0.15) is 11.5 Å². The molecule has 1 N–H and O–H groups in total. The third-order valence-electron chi connectivity index (χ3n) is 4.33. The van der Waals surface area contributed by atoms with E-state index in [0.29, 0.717) is 18.8 Å². The molecule has 3 aromatic rings. The minimum absolute atomic E-state index is 0.176. The fraction of sp³-hybridized carbons (Fsp3) is 0.208. The molecule has 5 heteroatoms. The Morgan fingerprint density at radius 1 is 0.966 bits per heavy atom. The maximum Gasteiger partial charge on any atom is 0.255 e. The molecule has 4 nitrogen and oxygen atoms in total. The average Bonchev–Trinajstić information content (AvgIpc) is 2.74. The van der Waals surface area contributed by atoms with Crippen LogP contribution in [0, 0.1) is 0 Å². The van der Waals surface area contributed by atoms with Gasteiger partial charge in [0.05, 0.1) is 17.7 Å². The van der Waals surface area contributed by atoms with Crippen LogP contribution in [0.4, 0.5) is 5.69 Å². The maximum atomic E-state index is 12.5. The van der Waals surface area contributed by atoms with Gasteiger partial charge in [-0.2, -0.15) is 0 Å². The largest absolute Gasteiger partial charge is 0.494 e. The molecule has 0 spiro atoms. The number of aryl methyl sites for hydroxylation is 1. The van der Waals surface area contributed by atoms with E-state index in [4.69, 9.17) is 9.47 Å². The summed E-state index contributed by atoms with van der Waals surface area (Å²) in [7, 11) is 0. The maximum absolute atomic E-state index is 12.5. The molecule has 0 aliphatic carbocycles. The van der Waals surface area contributed by atoms with Crippen molar-refractivity contribution in [3.05, 3.63) is 88.4 Å². The third kappa shape index (κ3) is 6.36. The van der Waals surface area contributed by atoms with Crippen LogP contribution in [0.15, 0.2) is 77.3 Å². The number of halogens is 1. The summed E-state index contributed by atoms with van der Waals surface area (Å²) in [5.41, 5.74) is 2.59. The summed E-state index contributed by atoms with van der Waals surface area (Å²) < 4.78 is 12.0. The molecule has 0 aliphatic heterocycles. The molecule has 0 saturated heterocycles. The lowest BCUT2D eigenvalue weighted by molar-refractivity contribution is 0.102. The number of amides is 1. The fourth-order valence-corrected chi connectivity index (χ4v) is 3.36. The zero-order valence-corrected chi connectivity index (χ0v) is 17.9. The van der Waals surface area contributed by atoms with Gasteiger partial charge in [0.25, 0.3) is 5.91 Å². The summed E-state index contributed by atoms with van der Waals surface area (Å²) in [6.07, 6.45) is 1.95. The van der Waals surface area contributed by atoms with Crippen LogP contribution in [0.3, 0.4) is 0 Å². The van der Waals surface area contributed by atoms with Crippen molar-refractivity contribution in [2.24, 2.45) is 0 Å². The van der Waals surface area contributed by atoms with Crippen molar-refractivity contribution >= 4 is 27.5 Å². The van der Waals surface area contributed by atoms with Gasteiger partial charge in [0, 0.05) is 11.3 Å². The predicted molar refractivity (Wildman–Crippen MR) is 120 cm³/mol. The molecular formula is C24H24BrNO3. The van der Waals surface area contributed by atoms with E-state index in [1.807, 2.05) is 37.3 Å². The molecule has 3 rings (SSSR count). The first-order valence-corrected chi connectivity index (χ1v) is 10.5. The van der Waals surface area contributed by atoms with Crippen molar-refractivity contribution in [2.75, 3.05) is 18.5 Å². The van der Waals surface area contributed by atoms with Crippen LogP contribution >= 0.6 is 15.9 Å². The molecular weight excluding hydrogens is 430 g/mol. The Hall–Kier alpha value is -2.79. The van der Waals surface area contributed by atoms with Crippen molar-refractivity contribution in [3.8, 4) is 11.5 Å². The highest BCUT2D eigenvalue weighted by Gasteiger charge is 2.09. The van der Waals surface area contributed by atoms with Crippen LogP contribution in [0.25, 0.3) is 0 Å². The van der Waals surface area contributed by atoms with Crippen LogP contribution < -0.4 is 14.8 Å². The van der Waals surface area contributed by atoms with E-state index in [0.717, 1.165) is 34.5 Å². The van der Waals surface area contributed by atoms with Gasteiger partial charge < -0.3 is 14.8 Å². The van der Waals surface area contributed by atoms with Crippen molar-refractivity contribution in [1.29, 1.82) is 0 Å². The molecule has 0 radical (unpaired) electrons. The molecule has 3 aromatic carbocycles. The number of carbonyl (C=O) groups is 1. The van der Waals surface area contributed by atoms with E-state index in [2.05, 4.69) is 45.5 Å². The van der Waals surface area contributed by atoms with E-state index in [-0.39, 0.29) is 5.91 Å². The quantitative estimate of drug-likeness (QED) is 0.397. The molecule has 0 atom stereocenters. The zero-order valence-electron chi connectivity index (χ0n) is 16.4. The van der Waals surface area contributed by atoms with Crippen molar-refractivity contribution in [1.82, 2.24) is 0 Å². The highest BCUT2D eigenvalue weighted by molar-refractivity contribution is 9.10. The number of hydrogen-bond acceptors (Lipinski definition) is 3. The Morgan fingerprint density at radius 2 is 1.72 bits per heavy atom. The van der Waals surface area contributed by atoms with Crippen LogP contribution in [-0.4, -0.2) is 19.1 Å². The number of ether oxygens (including phenoxy) is 2. The first-order chi connectivity index (χ1) is 14.2. The van der Waals surface area contributed by atoms with Gasteiger partial charge in [-0.05, 0) is 83.7 Å². The van der Waals surface area contributed by atoms with Crippen molar-refractivity contribution < 1.29 is 14.3 Å². The second-order valence-corrected chi connectivity index (χ2v) is 7.35. The lowest BCUT2D eigenvalue weighted by atomic mass is 10.1. The summed E-state index contributed by atoms with van der Waals surface area (Å²) in [6.45, 7) is 3.15. The minimum atomic E-state index is -0.176. The summed E-state index contributed by atoms with van der Waals surface area (Å²) >= 11 is 3.43. The van der Waals surface area contributed by atoms with Crippen LogP contribution in [0.5, 0.6) is 11.5 Å². The molecule has 0 saturated carbocycles. The zero-order chi connectivity index (χ0) is 20.5. The Morgan fingerprint density at radius 3 is 2.41 bits per heavy atom. The van der Waals surface area contributed by atoms with Crippen LogP contribution in [-0.2, 0) is 6.42 Å². The predicted octanol–water partition coefficient (Wildman–Crippen LogP) is 6.11. The first-order valence-electron chi connectivity index (χ1n) is 9.66. The molecule has 0 heterocycles. The number of rotatable bonds is 9. The van der Waals surface area contributed by atoms with Crippen LogP contribution in [0.1, 0.15) is 29.3 Å². The van der Waals surface area contributed by atoms with Crippen molar-refractivity contribution in [3.63, 3.8) is 0 Å². The second kappa shape index (κ2) is 10.7. The molecule has 0 aliphatic rings. The van der Waals surface area contributed by atoms with Crippen LogP contribution in [0.2, 0.25) is 0 Å². The SMILES string of the molecule is CCOc1ccc(C(=O)Nc2ccc(OCCCc3ccccc3)cc2)cc1Br. The van der Waals surface area contributed by atoms with E-state index in [1.165, 1.54) is 5.56 Å². The number of carbonyl (C=O) groups excluding carboxylic acids is 1. The highest BCUT2D eigenvalue weighted by atomic mass is 79.9. The molecule has 0 aromatic heterocycles. The lowest BCUT2D eigenvalue weighted by Gasteiger charge is -2.10. The Bertz CT molecular complexity index is 927. The van der Waals surface area contributed by atoms with E-state index in [1.54, 1.807) is 18.2 Å². The van der Waals surface area contributed by atoms with E-state index < -0.39 is 0 Å². The summed E-state index contributed by atoms with van der Waals surface area (Å²) in [4.78, 5) is 12.5. The summed E-state index contributed by atoms with van der Waals surface area (Å²) in [6, 6.07) is 23.1. The molecule has 0 unspecified atom stereocenters. The number of nitrogens with one attached hydrogen (secondary N) is 1. The summed E-state index contributed by atoms with van der Waals surface area (Å²) in [5, 5.41) is 2.90. The highest BCUT2D eigenvalue weighted by Crippen LogP contribution is 2.26. The van der Waals surface area contributed by atoms with E-state index in [9.17, 15) is 4.79 Å². The fourth-order valence-electron chi connectivity index (χ4n) is 2.86. The van der Waals surface area contributed by atoms with E-state index >= 15 is 0 Å². The standard InChI is InChI=1S/C24H24BrNO3/c1-2-28-23-15-10-19(17-22(23)25)24(27)26-20-11-13-21(14-12-20)29-16-6-9-18-7-4-3-5-8-18/h3-5,7-8,10-15,17H,2,6,9,16H2,1H3,(H,26,27). The minimum Gasteiger partial charge on any atom is -0.494 e. The topological polar surface area (TPSA) is 47.6 Å². The Labute approximate surface area is 180 Å². The van der Waals surface area contributed by atoms with Gasteiger partial charge in [0.15, 0.2) is 0 Å². The Balaban J connectivity index is 1.48. The molecule has 0 bridgehead atoms. The molecule has 29 heavy (non-hydrogen) atoms. The average molecular weight is 454 g/mol. The van der Waals surface area contributed by atoms with Gasteiger partial charge in [-0.3, -0.25) is 4.79 Å². The number of hydrogen-bond donors (Lipinski definition) is 1. The van der Waals surface area contributed by atoms with Gasteiger partial charge in [-0.15, -0.1) is 0 Å².